The summed E-state index contributed by atoms with van der Waals surface area (Å²) in [5, 5.41) is 17.6. The minimum absolute atomic E-state index is 0.135. The predicted octanol–water partition coefficient (Wildman–Crippen LogP) is 2.33. The van der Waals surface area contributed by atoms with Gasteiger partial charge in [0.1, 0.15) is 0 Å². The van der Waals surface area contributed by atoms with Gasteiger partial charge in [0.25, 0.3) is 0 Å². The summed E-state index contributed by atoms with van der Waals surface area (Å²) in [5.74, 6) is 0.164. The molecule has 0 aliphatic heterocycles. The molecule has 0 bridgehead atoms. The molecule has 114 valence electrons. The Morgan fingerprint density at radius 1 is 0.842 bits per heavy atom. The minimum Gasteiger partial charge on any atom is -0.396 e. The number of aliphatic hydroxyl groups excluding tert-OH is 2. The van der Waals surface area contributed by atoms with Gasteiger partial charge in [-0.3, -0.25) is 4.79 Å². The summed E-state index contributed by atoms with van der Waals surface area (Å²) in [6.45, 7) is 3.94. The van der Waals surface area contributed by atoms with Gasteiger partial charge in [-0.2, -0.15) is 0 Å². The van der Waals surface area contributed by atoms with Crippen LogP contribution in [0.1, 0.15) is 64.7 Å². The first-order chi connectivity index (χ1) is 9.26. The van der Waals surface area contributed by atoms with Crippen molar-refractivity contribution in [1.82, 2.24) is 4.90 Å². The fourth-order valence-corrected chi connectivity index (χ4v) is 2.08. The molecule has 0 aromatic heterocycles. The van der Waals surface area contributed by atoms with Gasteiger partial charge >= 0.3 is 0 Å². The highest BCUT2D eigenvalue weighted by Crippen LogP contribution is 2.07. The van der Waals surface area contributed by atoms with E-state index in [9.17, 15) is 4.79 Å². The normalized spacial score (nSPS) is 10.7. The van der Waals surface area contributed by atoms with E-state index >= 15 is 0 Å². The minimum atomic E-state index is 0.135. The Bertz CT molecular complexity index is 210. The van der Waals surface area contributed by atoms with Crippen LogP contribution < -0.4 is 0 Å². The van der Waals surface area contributed by atoms with E-state index in [1.54, 1.807) is 0 Å². The number of aliphatic hydroxyl groups is 2. The van der Waals surface area contributed by atoms with Crippen LogP contribution in [0.2, 0.25) is 0 Å². The van der Waals surface area contributed by atoms with Crippen LogP contribution >= 0.6 is 0 Å². The van der Waals surface area contributed by atoms with Crippen LogP contribution in [0.5, 0.6) is 0 Å². The molecule has 4 nitrogen and oxygen atoms in total. The zero-order valence-corrected chi connectivity index (χ0v) is 12.4. The van der Waals surface area contributed by atoms with Crippen molar-refractivity contribution in [3.8, 4) is 0 Å². The molecule has 19 heavy (non-hydrogen) atoms. The zero-order valence-electron chi connectivity index (χ0n) is 12.4. The highest BCUT2D eigenvalue weighted by molar-refractivity contribution is 5.76. The van der Waals surface area contributed by atoms with Gasteiger partial charge in [-0.1, -0.05) is 32.6 Å². The quantitative estimate of drug-likeness (QED) is 0.506. The van der Waals surface area contributed by atoms with E-state index in [2.05, 4.69) is 6.92 Å². The van der Waals surface area contributed by atoms with Crippen LogP contribution in [0, 0.1) is 0 Å². The zero-order chi connectivity index (χ0) is 14.3. The molecule has 0 fully saturated rings. The summed E-state index contributed by atoms with van der Waals surface area (Å²) in [7, 11) is 0. The molecule has 4 heteroatoms. The van der Waals surface area contributed by atoms with Gasteiger partial charge < -0.3 is 15.1 Å². The van der Waals surface area contributed by atoms with E-state index in [-0.39, 0.29) is 19.1 Å². The Labute approximate surface area is 117 Å². The molecule has 0 spiro atoms. The van der Waals surface area contributed by atoms with Gasteiger partial charge in [0.05, 0.1) is 0 Å². The second kappa shape index (κ2) is 13.8. The summed E-state index contributed by atoms with van der Waals surface area (Å²) in [6, 6.07) is 0. The molecule has 0 rings (SSSR count). The Morgan fingerprint density at radius 3 is 2.11 bits per heavy atom. The summed E-state index contributed by atoms with van der Waals surface area (Å²) >= 11 is 0. The van der Waals surface area contributed by atoms with Crippen LogP contribution in [-0.4, -0.2) is 47.3 Å². The molecule has 0 saturated heterocycles. The maximum Gasteiger partial charge on any atom is 0.222 e. The molecular weight excluding hydrogens is 242 g/mol. The van der Waals surface area contributed by atoms with E-state index in [1.165, 1.54) is 25.7 Å². The van der Waals surface area contributed by atoms with Crippen molar-refractivity contribution in [2.24, 2.45) is 0 Å². The lowest BCUT2D eigenvalue weighted by molar-refractivity contribution is -0.131. The number of hydrogen-bond donors (Lipinski definition) is 2. The molecule has 0 radical (unpaired) electrons. The van der Waals surface area contributed by atoms with Gasteiger partial charge in [0.15, 0.2) is 0 Å². The highest BCUT2D eigenvalue weighted by atomic mass is 16.3. The molecule has 2 N–H and O–H groups in total. The highest BCUT2D eigenvalue weighted by Gasteiger charge is 2.12. The number of unbranched alkanes of at least 4 members (excludes halogenated alkanes) is 5. The van der Waals surface area contributed by atoms with E-state index in [0.717, 1.165) is 19.4 Å². The average Bonchev–Trinajstić information content (AvgIpc) is 2.42. The van der Waals surface area contributed by atoms with Gasteiger partial charge in [-0.25, -0.2) is 0 Å². The van der Waals surface area contributed by atoms with Gasteiger partial charge in [0, 0.05) is 32.7 Å². The Hall–Kier alpha value is -0.610. The van der Waals surface area contributed by atoms with Crippen molar-refractivity contribution >= 4 is 5.91 Å². The van der Waals surface area contributed by atoms with Crippen molar-refractivity contribution in [1.29, 1.82) is 0 Å². The molecule has 0 aliphatic carbocycles. The van der Waals surface area contributed by atoms with Crippen molar-refractivity contribution in [2.45, 2.75) is 64.7 Å². The van der Waals surface area contributed by atoms with Crippen LogP contribution in [0.3, 0.4) is 0 Å². The number of carbonyl (C=O) groups is 1. The third-order valence-corrected chi connectivity index (χ3v) is 3.27. The van der Waals surface area contributed by atoms with Crippen molar-refractivity contribution in [3.63, 3.8) is 0 Å². The summed E-state index contributed by atoms with van der Waals surface area (Å²) in [4.78, 5) is 13.9. The number of nitrogens with zero attached hydrogens (tertiary/aromatic N) is 1. The first-order valence-electron chi connectivity index (χ1n) is 7.75. The van der Waals surface area contributed by atoms with Crippen molar-refractivity contribution in [2.75, 3.05) is 26.3 Å². The molecule has 0 aliphatic rings. The third-order valence-electron chi connectivity index (χ3n) is 3.27. The molecule has 0 saturated carbocycles. The lowest BCUT2D eigenvalue weighted by atomic mass is 10.1. The van der Waals surface area contributed by atoms with Crippen LogP contribution in [0.15, 0.2) is 0 Å². The van der Waals surface area contributed by atoms with Gasteiger partial charge in [-0.05, 0) is 25.7 Å². The lowest BCUT2D eigenvalue weighted by Crippen LogP contribution is -2.33. The lowest BCUT2D eigenvalue weighted by Gasteiger charge is -2.22. The monoisotopic (exact) mass is 273 g/mol. The Kier molecular flexibility index (Phi) is 13.4. The van der Waals surface area contributed by atoms with E-state index in [1.807, 2.05) is 4.90 Å². The van der Waals surface area contributed by atoms with Crippen molar-refractivity contribution < 1.29 is 15.0 Å². The fraction of sp³-hybridized carbons (Fsp3) is 0.933. The fourth-order valence-electron chi connectivity index (χ4n) is 2.08. The average molecular weight is 273 g/mol. The van der Waals surface area contributed by atoms with Gasteiger partial charge in [0.2, 0.25) is 5.91 Å². The molecule has 1 amide bonds. The summed E-state index contributed by atoms with van der Waals surface area (Å²) in [6.07, 6.45) is 8.57. The first kappa shape index (κ1) is 18.4. The molecular formula is C15H31NO3. The third kappa shape index (κ3) is 11.0. The molecule has 0 aromatic rings. The molecule has 0 unspecified atom stereocenters. The number of amides is 1. The standard InChI is InChI=1S/C15H31NO3/c1-2-3-4-5-7-11-16(12-9-14-18)15(19)10-6-8-13-17/h17-18H,2-14H2,1H3. The van der Waals surface area contributed by atoms with Crippen LogP contribution in [-0.2, 0) is 4.79 Å². The SMILES string of the molecule is CCCCCCCN(CCCO)C(=O)CCCCO. The second-order valence-electron chi connectivity index (χ2n) is 5.05. The van der Waals surface area contributed by atoms with E-state index in [0.29, 0.717) is 25.8 Å². The topological polar surface area (TPSA) is 60.8 Å². The smallest absolute Gasteiger partial charge is 0.222 e. The van der Waals surface area contributed by atoms with E-state index in [4.69, 9.17) is 10.2 Å². The molecule has 0 atom stereocenters. The number of hydrogen-bond acceptors (Lipinski definition) is 3. The second-order valence-corrected chi connectivity index (χ2v) is 5.05. The predicted molar refractivity (Wildman–Crippen MR) is 78.0 cm³/mol. The van der Waals surface area contributed by atoms with Gasteiger partial charge in [-0.15, -0.1) is 0 Å². The van der Waals surface area contributed by atoms with Crippen molar-refractivity contribution in [3.05, 3.63) is 0 Å². The Morgan fingerprint density at radius 2 is 1.47 bits per heavy atom. The molecule has 0 aromatic carbocycles. The maximum atomic E-state index is 12.0. The summed E-state index contributed by atoms with van der Waals surface area (Å²) < 4.78 is 0. The van der Waals surface area contributed by atoms with E-state index < -0.39 is 0 Å². The first-order valence-corrected chi connectivity index (χ1v) is 7.75. The van der Waals surface area contributed by atoms with Crippen LogP contribution in [0.25, 0.3) is 0 Å². The number of carbonyl (C=O) groups excluding carboxylic acids is 1. The summed E-state index contributed by atoms with van der Waals surface area (Å²) in [5.41, 5.74) is 0. The Balaban J connectivity index is 3.88. The maximum absolute atomic E-state index is 12.0. The van der Waals surface area contributed by atoms with Crippen LogP contribution in [0.4, 0.5) is 0 Å². The largest absolute Gasteiger partial charge is 0.396 e. The molecule has 0 heterocycles. The number of rotatable bonds is 13.